The molecule has 0 unspecified atom stereocenters. The Morgan fingerprint density at radius 2 is 1.57 bits per heavy atom. The Labute approximate surface area is 123 Å². The first-order chi connectivity index (χ1) is 10.4. The van der Waals surface area contributed by atoms with E-state index in [1.807, 2.05) is 18.3 Å². The first-order valence-electron chi connectivity index (χ1n) is 6.99. The maximum absolute atomic E-state index is 4.24. The van der Waals surface area contributed by atoms with E-state index in [0.29, 0.717) is 0 Å². The number of pyridine rings is 1. The van der Waals surface area contributed by atoms with Gasteiger partial charge >= 0.3 is 0 Å². The van der Waals surface area contributed by atoms with Crippen LogP contribution in [0.15, 0.2) is 85.3 Å². The van der Waals surface area contributed by atoms with Crippen LogP contribution in [0.5, 0.6) is 0 Å². The van der Waals surface area contributed by atoms with Crippen LogP contribution in [0, 0.1) is 0 Å². The second-order valence-electron chi connectivity index (χ2n) is 5.01. The quantitative estimate of drug-likeness (QED) is 0.516. The van der Waals surface area contributed by atoms with Crippen molar-refractivity contribution in [3.63, 3.8) is 0 Å². The van der Waals surface area contributed by atoms with Gasteiger partial charge in [0.1, 0.15) is 0 Å². The van der Waals surface area contributed by atoms with E-state index < -0.39 is 0 Å². The summed E-state index contributed by atoms with van der Waals surface area (Å²) in [6.07, 6.45) is 5.91. The highest BCUT2D eigenvalue weighted by molar-refractivity contribution is 5.96. The highest BCUT2D eigenvalue weighted by atomic mass is 15.0. The van der Waals surface area contributed by atoms with Crippen molar-refractivity contribution in [3.05, 3.63) is 85.3 Å². The summed E-state index contributed by atoms with van der Waals surface area (Å²) in [7, 11) is 0. The molecule has 0 saturated carbocycles. The molecule has 4 aromatic rings. The zero-order valence-electron chi connectivity index (χ0n) is 11.5. The predicted molar refractivity (Wildman–Crippen MR) is 86.5 cm³/mol. The Morgan fingerprint density at radius 1 is 0.762 bits per heavy atom. The fourth-order valence-electron chi connectivity index (χ4n) is 2.73. The Kier molecular flexibility index (Phi) is 2.79. The summed E-state index contributed by atoms with van der Waals surface area (Å²) in [6.45, 7) is 0. The molecular weight excluding hydrogens is 256 g/mol. The topological polar surface area (TPSA) is 17.8 Å². The molecule has 2 heteroatoms. The van der Waals surface area contributed by atoms with Crippen molar-refractivity contribution >= 4 is 10.9 Å². The van der Waals surface area contributed by atoms with Crippen molar-refractivity contribution in [2.24, 2.45) is 0 Å². The predicted octanol–water partition coefficient (Wildman–Crippen LogP) is 4.69. The van der Waals surface area contributed by atoms with Gasteiger partial charge in [-0.2, -0.15) is 0 Å². The highest BCUT2D eigenvalue weighted by Gasteiger charge is 2.10. The van der Waals surface area contributed by atoms with Crippen molar-refractivity contribution in [3.8, 4) is 16.8 Å². The molecule has 0 bridgehead atoms. The van der Waals surface area contributed by atoms with Gasteiger partial charge < -0.3 is 4.57 Å². The fraction of sp³-hybridized carbons (Fsp3) is 0. The van der Waals surface area contributed by atoms with E-state index in [1.54, 1.807) is 6.20 Å². The first-order valence-corrected chi connectivity index (χ1v) is 6.99. The van der Waals surface area contributed by atoms with Gasteiger partial charge in [0, 0.05) is 40.8 Å². The third-order valence-electron chi connectivity index (χ3n) is 3.72. The summed E-state index contributed by atoms with van der Waals surface area (Å²) in [4.78, 5) is 4.24. The SMILES string of the molecule is c1ccc(-n2cc(-c3cccnc3)c3ccccc32)cc1. The number of para-hydroxylation sites is 2. The summed E-state index contributed by atoms with van der Waals surface area (Å²) < 4.78 is 2.23. The number of rotatable bonds is 2. The van der Waals surface area contributed by atoms with Crippen molar-refractivity contribution in [1.82, 2.24) is 9.55 Å². The molecule has 100 valence electrons. The van der Waals surface area contributed by atoms with Crippen molar-refractivity contribution in [2.45, 2.75) is 0 Å². The lowest BCUT2D eigenvalue weighted by atomic mass is 10.1. The van der Waals surface area contributed by atoms with Gasteiger partial charge in [0.05, 0.1) is 5.52 Å². The van der Waals surface area contributed by atoms with E-state index in [4.69, 9.17) is 0 Å². The molecule has 0 saturated heterocycles. The van der Waals surface area contributed by atoms with Crippen LogP contribution in [-0.2, 0) is 0 Å². The summed E-state index contributed by atoms with van der Waals surface area (Å²) in [5, 5.41) is 1.24. The normalized spacial score (nSPS) is 10.9. The maximum atomic E-state index is 4.24. The van der Waals surface area contributed by atoms with Crippen LogP contribution >= 0.6 is 0 Å². The second-order valence-corrected chi connectivity index (χ2v) is 5.01. The largest absolute Gasteiger partial charge is 0.316 e. The monoisotopic (exact) mass is 270 g/mol. The average Bonchev–Trinajstić information content (AvgIpc) is 2.96. The molecule has 21 heavy (non-hydrogen) atoms. The standard InChI is InChI=1S/C19H14N2/c1-2-8-16(9-3-1)21-14-18(15-7-6-12-20-13-15)17-10-4-5-11-19(17)21/h1-14H. The molecule has 0 aliphatic heterocycles. The third kappa shape index (κ3) is 2.01. The van der Waals surface area contributed by atoms with E-state index in [2.05, 4.69) is 70.3 Å². The molecule has 2 nitrogen and oxygen atoms in total. The Balaban J connectivity index is 2.02. The molecular formula is C19H14N2. The Morgan fingerprint density at radius 3 is 2.38 bits per heavy atom. The van der Waals surface area contributed by atoms with Gasteiger partial charge in [0.25, 0.3) is 0 Å². The molecule has 2 aromatic carbocycles. The minimum atomic E-state index is 1.14. The van der Waals surface area contributed by atoms with Crippen LogP contribution in [-0.4, -0.2) is 9.55 Å². The van der Waals surface area contributed by atoms with Gasteiger partial charge in [-0.3, -0.25) is 4.98 Å². The van der Waals surface area contributed by atoms with Crippen molar-refractivity contribution in [2.75, 3.05) is 0 Å². The van der Waals surface area contributed by atoms with Gasteiger partial charge in [-0.1, -0.05) is 42.5 Å². The summed E-state index contributed by atoms with van der Waals surface area (Å²) in [6, 6.07) is 23.0. The molecule has 0 radical (unpaired) electrons. The molecule has 0 atom stereocenters. The van der Waals surface area contributed by atoms with Crippen LogP contribution < -0.4 is 0 Å². The maximum Gasteiger partial charge on any atom is 0.0534 e. The minimum Gasteiger partial charge on any atom is -0.316 e. The smallest absolute Gasteiger partial charge is 0.0534 e. The number of fused-ring (bicyclic) bond motifs is 1. The average molecular weight is 270 g/mol. The minimum absolute atomic E-state index is 1.14. The lowest BCUT2D eigenvalue weighted by molar-refractivity contribution is 1.13. The van der Waals surface area contributed by atoms with E-state index in [9.17, 15) is 0 Å². The molecule has 0 N–H and O–H groups in total. The zero-order valence-corrected chi connectivity index (χ0v) is 11.5. The lowest BCUT2D eigenvalue weighted by Crippen LogP contribution is -1.90. The highest BCUT2D eigenvalue weighted by Crippen LogP contribution is 2.31. The fourth-order valence-corrected chi connectivity index (χ4v) is 2.73. The number of benzene rings is 2. The molecule has 4 rings (SSSR count). The van der Waals surface area contributed by atoms with Crippen LogP contribution in [0.4, 0.5) is 0 Å². The van der Waals surface area contributed by atoms with Gasteiger partial charge in [0.2, 0.25) is 0 Å². The van der Waals surface area contributed by atoms with E-state index in [1.165, 1.54) is 22.2 Å². The van der Waals surface area contributed by atoms with Crippen LogP contribution in [0.2, 0.25) is 0 Å². The van der Waals surface area contributed by atoms with Gasteiger partial charge in [-0.15, -0.1) is 0 Å². The van der Waals surface area contributed by atoms with Crippen molar-refractivity contribution in [1.29, 1.82) is 0 Å². The first kappa shape index (κ1) is 11.9. The summed E-state index contributed by atoms with van der Waals surface area (Å²) >= 11 is 0. The molecule has 0 fully saturated rings. The summed E-state index contributed by atoms with van der Waals surface area (Å²) in [5.41, 5.74) is 4.73. The van der Waals surface area contributed by atoms with Crippen LogP contribution in [0.3, 0.4) is 0 Å². The van der Waals surface area contributed by atoms with Gasteiger partial charge in [0.15, 0.2) is 0 Å². The Bertz CT molecular complexity index is 804. The number of hydrogen-bond donors (Lipinski definition) is 0. The van der Waals surface area contributed by atoms with Gasteiger partial charge in [-0.05, 0) is 24.3 Å². The Hall–Kier alpha value is -2.87. The number of hydrogen-bond acceptors (Lipinski definition) is 1. The summed E-state index contributed by atoms with van der Waals surface area (Å²) in [5.74, 6) is 0. The molecule has 0 amide bonds. The van der Waals surface area contributed by atoms with Gasteiger partial charge in [-0.25, -0.2) is 0 Å². The molecule has 0 aliphatic rings. The van der Waals surface area contributed by atoms with E-state index in [-0.39, 0.29) is 0 Å². The molecule has 2 aromatic heterocycles. The zero-order chi connectivity index (χ0) is 14.1. The lowest BCUT2D eigenvalue weighted by Gasteiger charge is -2.04. The molecule has 0 aliphatic carbocycles. The van der Waals surface area contributed by atoms with E-state index >= 15 is 0 Å². The molecule has 0 spiro atoms. The number of aromatic nitrogens is 2. The number of nitrogens with zero attached hydrogens (tertiary/aromatic N) is 2. The second kappa shape index (κ2) is 4.91. The molecule has 2 heterocycles. The third-order valence-corrected chi connectivity index (χ3v) is 3.72. The van der Waals surface area contributed by atoms with Crippen molar-refractivity contribution < 1.29 is 0 Å². The van der Waals surface area contributed by atoms with Crippen LogP contribution in [0.25, 0.3) is 27.7 Å². The van der Waals surface area contributed by atoms with Crippen LogP contribution in [0.1, 0.15) is 0 Å². The van der Waals surface area contributed by atoms with E-state index in [0.717, 1.165) is 5.56 Å².